The highest BCUT2D eigenvalue weighted by Crippen LogP contribution is 2.35. The number of carbonyl (C=O) groups is 1. The summed E-state index contributed by atoms with van der Waals surface area (Å²) in [5.41, 5.74) is 1.20. The molecule has 1 aliphatic heterocycles. The van der Waals surface area contributed by atoms with Crippen LogP contribution in [0.3, 0.4) is 0 Å². The first-order valence-corrected chi connectivity index (χ1v) is 10.1. The summed E-state index contributed by atoms with van der Waals surface area (Å²) in [7, 11) is 3.67. The Kier molecular flexibility index (Phi) is 5.66. The molecule has 3 aromatic rings. The molecule has 1 atom stereocenters. The molecule has 1 aliphatic rings. The molecular weight excluding hydrogens is 398 g/mol. The lowest BCUT2D eigenvalue weighted by atomic mass is 9.96. The fraction of sp³-hybridized carbons (Fsp3) is 0.318. The Bertz CT molecular complexity index is 1100. The molecule has 9 nitrogen and oxygen atoms in total. The Morgan fingerprint density at radius 2 is 1.97 bits per heavy atom. The predicted molar refractivity (Wildman–Crippen MR) is 116 cm³/mol. The molecule has 2 heterocycles. The van der Waals surface area contributed by atoms with Crippen LogP contribution in [0.2, 0.25) is 0 Å². The average Bonchev–Trinajstić information content (AvgIpc) is 3.30. The van der Waals surface area contributed by atoms with Gasteiger partial charge in [0.1, 0.15) is 5.69 Å². The second kappa shape index (κ2) is 8.55. The lowest BCUT2D eigenvalue weighted by Gasteiger charge is -2.32. The lowest BCUT2D eigenvalue weighted by molar-refractivity contribution is -0.384. The number of anilines is 2. The minimum atomic E-state index is -0.433. The van der Waals surface area contributed by atoms with Gasteiger partial charge in [0.05, 0.1) is 10.8 Å². The number of aromatic nitrogens is 2. The number of hydrogen-bond acceptors (Lipinski definition) is 8. The second-order valence-electron chi connectivity index (χ2n) is 7.77. The molecule has 0 radical (unpaired) electrons. The number of nitro groups is 1. The van der Waals surface area contributed by atoms with E-state index in [2.05, 4.69) is 10.1 Å². The summed E-state index contributed by atoms with van der Waals surface area (Å²) >= 11 is 0. The van der Waals surface area contributed by atoms with E-state index in [-0.39, 0.29) is 17.4 Å². The highest BCUT2D eigenvalue weighted by Gasteiger charge is 2.30. The Balaban J connectivity index is 1.60. The first-order valence-electron chi connectivity index (χ1n) is 10.1. The normalized spacial score (nSPS) is 16.2. The van der Waals surface area contributed by atoms with Gasteiger partial charge in [0, 0.05) is 44.4 Å². The Labute approximate surface area is 179 Å². The molecule has 0 saturated carbocycles. The first-order chi connectivity index (χ1) is 14.9. The summed E-state index contributed by atoms with van der Waals surface area (Å²) in [6.45, 7) is 1.21. The van der Waals surface area contributed by atoms with Gasteiger partial charge in [-0.25, -0.2) is 0 Å². The second-order valence-corrected chi connectivity index (χ2v) is 7.77. The van der Waals surface area contributed by atoms with Gasteiger partial charge < -0.3 is 14.3 Å². The van der Waals surface area contributed by atoms with Gasteiger partial charge in [-0.2, -0.15) is 4.98 Å². The summed E-state index contributed by atoms with van der Waals surface area (Å²) in [5, 5.41) is 15.8. The Hall–Kier alpha value is -3.75. The van der Waals surface area contributed by atoms with Crippen molar-refractivity contribution < 1.29 is 14.2 Å². The fourth-order valence-corrected chi connectivity index (χ4v) is 3.81. The molecular formula is C22H23N5O4. The zero-order valence-electron chi connectivity index (χ0n) is 17.4. The van der Waals surface area contributed by atoms with Crippen molar-refractivity contribution in [3.05, 3.63) is 75.7 Å². The topological polar surface area (TPSA) is 106 Å². The molecule has 1 saturated heterocycles. The van der Waals surface area contributed by atoms with Gasteiger partial charge in [0.25, 0.3) is 11.6 Å². The molecule has 1 fully saturated rings. The van der Waals surface area contributed by atoms with Crippen molar-refractivity contribution in [3.8, 4) is 0 Å². The zero-order valence-corrected chi connectivity index (χ0v) is 17.4. The van der Waals surface area contributed by atoms with E-state index in [9.17, 15) is 14.9 Å². The summed E-state index contributed by atoms with van der Waals surface area (Å²) in [4.78, 5) is 32.3. The fourth-order valence-electron chi connectivity index (χ4n) is 3.81. The molecule has 1 aromatic heterocycles. The van der Waals surface area contributed by atoms with E-state index in [1.807, 2.05) is 25.1 Å². The van der Waals surface area contributed by atoms with Crippen LogP contribution in [0, 0.1) is 10.1 Å². The number of hydrogen-bond donors (Lipinski definition) is 0. The van der Waals surface area contributed by atoms with Crippen molar-refractivity contribution in [1.82, 2.24) is 10.1 Å². The maximum Gasteiger partial charge on any atom is 0.293 e. The number of nitro benzene ring substituents is 1. The smallest absolute Gasteiger partial charge is 0.293 e. The largest absolute Gasteiger partial charge is 0.365 e. The van der Waals surface area contributed by atoms with Crippen LogP contribution < -0.4 is 9.80 Å². The van der Waals surface area contributed by atoms with E-state index in [4.69, 9.17) is 4.52 Å². The maximum absolute atomic E-state index is 12.7. The quantitative estimate of drug-likeness (QED) is 0.337. The first kappa shape index (κ1) is 20.5. The third-order valence-corrected chi connectivity index (χ3v) is 5.41. The lowest BCUT2D eigenvalue weighted by Crippen LogP contribution is -2.35. The van der Waals surface area contributed by atoms with Crippen LogP contribution in [0.5, 0.6) is 0 Å². The van der Waals surface area contributed by atoms with Crippen LogP contribution in [0.4, 0.5) is 17.3 Å². The molecule has 4 rings (SSSR count). The predicted octanol–water partition coefficient (Wildman–Crippen LogP) is 3.66. The van der Waals surface area contributed by atoms with E-state index < -0.39 is 4.92 Å². The van der Waals surface area contributed by atoms with Gasteiger partial charge in [0.15, 0.2) is 5.78 Å². The standard InChI is InChI=1S/C22H23N5O4/c1-25(2)22-23-21(31-24-22)17-9-6-12-26(14-17)18-11-10-16(13-19(18)27(29)30)20(28)15-7-4-3-5-8-15/h3-5,7-8,10-11,13,17H,6,9,12,14H2,1-2H3/t17-/m1/s1. The molecule has 0 unspecified atom stereocenters. The maximum atomic E-state index is 12.7. The van der Waals surface area contributed by atoms with E-state index in [0.717, 1.165) is 12.8 Å². The van der Waals surface area contributed by atoms with Crippen LogP contribution in [0.1, 0.15) is 40.6 Å². The minimum Gasteiger partial charge on any atom is -0.365 e. The Morgan fingerprint density at radius 1 is 1.19 bits per heavy atom. The summed E-state index contributed by atoms with van der Waals surface area (Å²) in [6.07, 6.45) is 1.70. The van der Waals surface area contributed by atoms with Crippen LogP contribution in [-0.4, -0.2) is 48.0 Å². The third kappa shape index (κ3) is 4.25. The number of benzene rings is 2. The zero-order chi connectivity index (χ0) is 22.0. The molecule has 9 heteroatoms. The van der Waals surface area contributed by atoms with Gasteiger partial charge in [-0.05, 0) is 30.1 Å². The van der Waals surface area contributed by atoms with E-state index in [1.165, 1.54) is 6.07 Å². The van der Waals surface area contributed by atoms with Crippen molar-refractivity contribution in [2.24, 2.45) is 0 Å². The molecule has 0 spiro atoms. The Morgan fingerprint density at radius 3 is 2.65 bits per heavy atom. The summed E-state index contributed by atoms with van der Waals surface area (Å²) < 4.78 is 5.42. The summed E-state index contributed by atoms with van der Waals surface area (Å²) in [5.74, 6) is 0.780. The number of rotatable bonds is 6. The highest BCUT2D eigenvalue weighted by atomic mass is 16.6. The number of nitrogens with zero attached hydrogens (tertiary/aromatic N) is 5. The van der Waals surface area contributed by atoms with Crippen molar-refractivity contribution in [2.45, 2.75) is 18.8 Å². The van der Waals surface area contributed by atoms with E-state index >= 15 is 0 Å². The third-order valence-electron chi connectivity index (χ3n) is 5.41. The van der Waals surface area contributed by atoms with Crippen molar-refractivity contribution in [3.63, 3.8) is 0 Å². The average molecular weight is 421 g/mol. The van der Waals surface area contributed by atoms with Gasteiger partial charge in [-0.15, -0.1) is 0 Å². The van der Waals surface area contributed by atoms with Crippen LogP contribution in [0.15, 0.2) is 53.1 Å². The number of carbonyl (C=O) groups excluding carboxylic acids is 1. The van der Waals surface area contributed by atoms with Crippen molar-refractivity contribution in [2.75, 3.05) is 37.0 Å². The van der Waals surface area contributed by atoms with Crippen LogP contribution in [0.25, 0.3) is 0 Å². The molecule has 0 aliphatic carbocycles. The molecule has 2 aromatic carbocycles. The van der Waals surface area contributed by atoms with Gasteiger partial charge >= 0.3 is 0 Å². The molecule has 0 bridgehead atoms. The van der Waals surface area contributed by atoms with Crippen molar-refractivity contribution in [1.29, 1.82) is 0 Å². The van der Waals surface area contributed by atoms with E-state index in [0.29, 0.717) is 41.7 Å². The number of ketones is 1. The minimum absolute atomic E-state index is 0.0137. The van der Waals surface area contributed by atoms with E-state index in [1.54, 1.807) is 41.3 Å². The van der Waals surface area contributed by atoms with Crippen LogP contribution in [-0.2, 0) is 0 Å². The number of piperidine rings is 1. The van der Waals surface area contributed by atoms with Crippen molar-refractivity contribution >= 4 is 23.1 Å². The molecule has 0 N–H and O–H groups in total. The monoisotopic (exact) mass is 421 g/mol. The van der Waals surface area contributed by atoms with Gasteiger partial charge in [-0.1, -0.05) is 30.3 Å². The highest BCUT2D eigenvalue weighted by molar-refractivity contribution is 6.09. The molecule has 160 valence electrons. The van der Waals surface area contributed by atoms with Crippen LogP contribution >= 0.6 is 0 Å². The van der Waals surface area contributed by atoms with Gasteiger partial charge in [0.2, 0.25) is 5.89 Å². The summed E-state index contributed by atoms with van der Waals surface area (Å²) in [6, 6.07) is 13.4. The molecule has 0 amide bonds. The van der Waals surface area contributed by atoms with Gasteiger partial charge in [-0.3, -0.25) is 14.9 Å². The molecule has 31 heavy (non-hydrogen) atoms. The SMILES string of the molecule is CN(C)c1noc([C@@H]2CCCN(c3ccc(C(=O)c4ccccc4)cc3[N+](=O)[O-])C2)n1.